The van der Waals surface area contributed by atoms with Gasteiger partial charge in [0, 0.05) is 49.3 Å². The molecule has 6 heteroatoms. The molecule has 5 nitrogen and oxygen atoms in total. The second-order valence-corrected chi connectivity index (χ2v) is 7.88. The summed E-state index contributed by atoms with van der Waals surface area (Å²) in [6.45, 7) is 4.78. The maximum atomic E-state index is 13.0. The summed E-state index contributed by atoms with van der Waals surface area (Å²) in [6, 6.07) is 6.25. The summed E-state index contributed by atoms with van der Waals surface area (Å²) in [4.78, 5) is 19.7. The molecule has 1 unspecified atom stereocenters. The highest BCUT2D eigenvalue weighted by Gasteiger charge is 2.45. The summed E-state index contributed by atoms with van der Waals surface area (Å²) in [5, 5.41) is 4.41. The molecule has 1 atom stereocenters. The highest BCUT2D eigenvalue weighted by Crippen LogP contribution is 2.31. The van der Waals surface area contributed by atoms with Gasteiger partial charge in [-0.1, -0.05) is 0 Å². The number of aromatic nitrogens is 2. The molecule has 2 aromatic heterocycles. The van der Waals surface area contributed by atoms with Crippen LogP contribution in [0.4, 0.5) is 0 Å². The van der Waals surface area contributed by atoms with Gasteiger partial charge in [0.2, 0.25) is 0 Å². The van der Waals surface area contributed by atoms with E-state index in [0.717, 1.165) is 25.9 Å². The lowest BCUT2D eigenvalue weighted by Crippen LogP contribution is -2.57. The minimum Gasteiger partial charge on any atom is -0.347 e. The van der Waals surface area contributed by atoms with Crippen LogP contribution in [0.2, 0.25) is 0 Å². The maximum absolute atomic E-state index is 13.0. The first-order valence-electron chi connectivity index (χ1n) is 8.01. The van der Waals surface area contributed by atoms with Gasteiger partial charge in [-0.05, 0) is 44.5 Å². The number of likely N-dealkylation sites (tertiary alicyclic amines) is 1. The SMILES string of the molecule is Cc1ccc(CN2CCCC(C(=O)N(C)C)(n3cccn3)C2)s1. The lowest BCUT2D eigenvalue weighted by atomic mass is 9.87. The Balaban J connectivity index is 1.86. The second kappa shape index (κ2) is 6.45. The van der Waals surface area contributed by atoms with E-state index in [1.807, 2.05) is 42.4 Å². The molecule has 0 aliphatic carbocycles. The van der Waals surface area contributed by atoms with Crippen LogP contribution in [0.3, 0.4) is 0 Å². The molecule has 1 aliphatic rings. The van der Waals surface area contributed by atoms with E-state index in [4.69, 9.17) is 0 Å². The van der Waals surface area contributed by atoms with Crippen LogP contribution in [0, 0.1) is 6.92 Å². The molecule has 1 amide bonds. The van der Waals surface area contributed by atoms with Gasteiger partial charge in [-0.2, -0.15) is 5.10 Å². The molecular formula is C17H24N4OS. The summed E-state index contributed by atoms with van der Waals surface area (Å²) in [5.41, 5.74) is -0.586. The van der Waals surface area contributed by atoms with Gasteiger partial charge in [-0.25, -0.2) is 0 Å². The summed E-state index contributed by atoms with van der Waals surface area (Å²) >= 11 is 1.83. The lowest BCUT2D eigenvalue weighted by molar-refractivity contribution is -0.142. The number of hydrogen-bond donors (Lipinski definition) is 0. The van der Waals surface area contributed by atoms with E-state index in [0.29, 0.717) is 6.54 Å². The quantitative estimate of drug-likeness (QED) is 0.863. The van der Waals surface area contributed by atoms with Crippen molar-refractivity contribution in [3.63, 3.8) is 0 Å². The highest BCUT2D eigenvalue weighted by atomic mass is 32.1. The average molecular weight is 332 g/mol. The van der Waals surface area contributed by atoms with Crippen molar-refractivity contribution in [3.05, 3.63) is 40.3 Å². The number of hydrogen-bond acceptors (Lipinski definition) is 4. The molecule has 1 saturated heterocycles. The zero-order chi connectivity index (χ0) is 16.4. The molecule has 2 aromatic rings. The molecule has 23 heavy (non-hydrogen) atoms. The summed E-state index contributed by atoms with van der Waals surface area (Å²) < 4.78 is 1.86. The Labute approximate surface area is 141 Å². The van der Waals surface area contributed by atoms with Crippen LogP contribution in [0.1, 0.15) is 22.6 Å². The molecular weight excluding hydrogens is 308 g/mol. The number of amides is 1. The molecule has 0 bridgehead atoms. The van der Waals surface area contributed by atoms with Crippen LogP contribution in [0.15, 0.2) is 30.6 Å². The third kappa shape index (κ3) is 3.19. The van der Waals surface area contributed by atoms with Gasteiger partial charge in [0.25, 0.3) is 5.91 Å². The first kappa shape index (κ1) is 16.2. The van der Waals surface area contributed by atoms with E-state index in [-0.39, 0.29) is 5.91 Å². The second-order valence-electron chi connectivity index (χ2n) is 6.51. The van der Waals surface area contributed by atoms with E-state index in [1.165, 1.54) is 9.75 Å². The summed E-state index contributed by atoms with van der Waals surface area (Å²) in [6.07, 6.45) is 5.52. The molecule has 0 N–H and O–H groups in total. The normalized spacial score (nSPS) is 22.2. The first-order chi connectivity index (χ1) is 11.0. The molecule has 1 aliphatic heterocycles. The van der Waals surface area contributed by atoms with Gasteiger partial charge >= 0.3 is 0 Å². The number of aryl methyl sites for hydroxylation is 1. The van der Waals surface area contributed by atoms with Crippen molar-refractivity contribution in [3.8, 4) is 0 Å². The zero-order valence-corrected chi connectivity index (χ0v) is 14.8. The van der Waals surface area contributed by atoms with Gasteiger partial charge in [-0.3, -0.25) is 14.4 Å². The fourth-order valence-electron chi connectivity index (χ4n) is 3.45. The summed E-state index contributed by atoms with van der Waals surface area (Å²) in [5.74, 6) is 0.133. The van der Waals surface area contributed by atoms with Crippen molar-refractivity contribution in [1.29, 1.82) is 0 Å². The van der Waals surface area contributed by atoms with Crippen LogP contribution >= 0.6 is 11.3 Å². The summed E-state index contributed by atoms with van der Waals surface area (Å²) in [7, 11) is 3.66. The van der Waals surface area contributed by atoms with Crippen LogP contribution in [-0.2, 0) is 16.9 Å². The van der Waals surface area contributed by atoms with Gasteiger partial charge in [0.1, 0.15) is 0 Å². The van der Waals surface area contributed by atoms with Crippen LogP contribution in [0.25, 0.3) is 0 Å². The molecule has 0 aromatic carbocycles. The fraction of sp³-hybridized carbons (Fsp3) is 0.529. The Bertz CT molecular complexity index is 664. The van der Waals surface area contributed by atoms with Crippen molar-refractivity contribution in [2.75, 3.05) is 27.2 Å². The van der Waals surface area contributed by atoms with Crippen LogP contribution < -0.4 is 0 Å². The van der Waals surface area contributed by atoms with E-state index < -0.39 is 5.54 Å². The van der Waals surface area contributed by atoms with Gasteiger partial charge in [0.15, 0.2) is 5.54 Å². The third-order valence-corrected chi connectivity index (χ3v) is 5.46. The molecule has 1 fully saturated rings. The van der Waals surface area contributed by atoms with Crippen LogP contribution in [0.5, 0.6) is 0 Å². The zero-order valence-electron chi connectivity index (χ0n) is 14.0. The number of thiophene rings is 1. The van der Waals surface area contributed by atoms with E-state index in [2.05, 4.69) is 29.1 Å². The fourth-order valence-corrected chi connectivity index (χ4v) is 4.38. The largest absolute Gasteiger partial charge is 0.347 e. The highest BCUT2D eigenvalue weighted by molar-refractivity contribution is 7.11. The van der Waals surface area contributed by atoms with Gasteiger partial charge in [0.05, 0.1) is 0 Å². The Morgan fingerprint density at radius 1 is 1.43 bits per heavy atom. The minimum absolute atomic E-state index is 0.133. The van der Waals surface area contributed by atoms with E-state index in [9.17, 15) is 4.79 Å². The Kier molecular flexibility index (Phi) is 4.55. The predicted molar refractivity (Wildman–Crippen MR) is 92.5 cm³/mol. The Hall–Kier alpha value is -1.66. The molecule has 0 spiro atoms. The van der Waals surface area contributed by atoms with E-state index >= 15 is 0 Å². The number of nitrogens with zero attached hydrogens (tertiary/aromatic N) is 4. The van der Waals surface area contributed by atoms with Gasteiger partial charge in [-0.15, -0.1) is 11.3 Å². The third-order valence-electron chi connectivity index (χ3n) is 4.47. The number of piperidine rings is 1. The van der Waals surface area contributed by atoms with Crippen molar-refractivity contribution >= 4 is 17.2 Å². The van der Waals surface area contributed by atoms with Crippen molar-refractivity contribution in [1.82, 2.24) is 19.6 Å². The average Bonchev–Trinajstić information content (AvgIpc) is 3.18. The van der Waals surface area contributed by atoms with E-state index in [1.54, 1.807) is 11.1 Å². The molecule has 0 radical (unpaired) electrons. The minimum atomic E-state index is -0.586. The van der Waals surface area contributed by atoms with Crippen molar-refractivity contribution in [2.24, 2.45) is 0 Å². The van der Waals surface area contributed by atoms with Crippen LogP contribution in [-0.4, -0.2) is 52.7 Å². The number of rotatable bonds is 4. The van der Waals surface area contributed by atoms with Gasteiger partial charge < -0.3 is 4.90 Å². The number of carbonyl (C=O) groups is 1. The topological polar surface area (TPSA) is 41.4 Å². The number of likely N-dealkylation sites (N-methyl/N-ethyl adjacent to an activating group) is 1. The smallest absolute Gasteiger partial charge is 0.251 e. The molecule has 3 heterocycles. The lowest BCUT2D eigenvalue weighted by Gasteiger charge is -2.42. The molecule has 3 rings (SSSR count). The standard InChI is InChI=1S/C17H24N4OS/c1-14-6-7-15(23-14)12-20-10-4-8-17(13-20,16(22)19(2)3)21-11-5-9-18-21/h5-7,9,11H,4,8,10,12-13H2,1-3H3. The molecule has 0 saturated carbocycles. The monoisotopic (exact) mass is 332 g/mol. The van der Waals surface area contributed by atoms with Crippen molar-refractivity contribution in [2.45, 2.75) is 31.8 Å². The molecule has 124 valence electrons. The Morgan fingerprint density at radius 2 is 2.26 bits per heavy atom. The maximum Gasteiger partial charge on any atom is 0.251 e. The predicted octanol–water partition coefficient (Wildman–Crippen LogP) is 2.33. The Morgan fingerprint density at radius 3 is 2.87 bits per heavy atom. The first-order valence-corrected chi connectivity index (χ1v) is 8.82. The van der Waals surface area contributed by atoms with Crippen molar-refractivity contribution < 1.29 is 4.79 Å². The number of carbonyl (C=O) groups excluding carboxylic acids is 1.